The number of aryl methyl sites for hydroxylation is 1. The number of hydrogen-bond acceptors (Lipinski definition) is 3. The van der Waals surface area contributed by atoms with E-state index in [0.717, 1.165) is 19.3 Å². The molecular weight excluding hydrogens is 328 g/mol. The predicted octanol–water partition coefficient (Wildman–Crippen LogP) is 4.24. The van der Waals surface area contributed by atoms with Crippen LogP contribution in [0.4, 0.5) is 10.5 Å². The standard InChI is InChI=1S/C21H28N2O3/c1-17(13-14-18-9-4-3-5-10-18)22-21(24)23-19-11-6-7-12-20(19)26-16-8-15-25-2/h3-7,9-12,17H,8,13-16H2,1-2H3,(H2,22,23,24). The number of anilines is 1. The van der Waals surface area contributed by atoms with Gasteiger partial charge in [0.1, 0.15) is 5.75 Å². The minimum Gasteiger partial charge on any atom is -0.491 e. The van der Waals surface area contributed by atoms with Gasteiger partial charge < -0.3 is 20.1 Å². The van der Waals surface area contributed by atoms with Crippen LogP contribution in [0, 0.1) is 0 Å². The highest BCUT2D eigenvalue weighted by Crippen LogP contribution is 2.23. The summed E-state index contributed by atoms with van der Waals surface area (Å²) in [7, 11) is 1.67. The number of carbonyl (C=O) groups excluding carboxylic acids is 1. The van der Waals surface area contributed by atoms with Gasteiger partial charge in [0.2, 0.25) is 0 Å². The van der Waals surface area contributed by atoms with Crippen LogP contribution in [-0.2, 0) is 11.2 Å². The highest BCUT2D eigenvalue weighted by atomic mass is 16.5. The highest BCUT2D eigenvalue weighted by Gasteiger charge is 2.10. The number of para-hydroxylation sites is 2. The van der Waals surface area contributed by atoms with Crippen LogP contribution in [0.1, 0.15) is 25.3 Å². The Morgan fingerprint density at radius 1 is 1.04 bits per heavy atom. The maximum Gasteiger partial charge on any atom is 0.319 e. The number of methoxy groups -OCH3 is 1. The smallest absolute Gasteiger partial charge is 0.319 e. The number of hydrogen-bond donors (Lipinski definition) is 2. The summed E-state index contributed by atoms with van der Waals surface area (Å²) in [4.78, 5) is 12.3. The summed E-state index contributed by atoms with van der Waals surface area (Å²) in [6.07, 6.45) is 2.61. The number of rotatable bonds is 10. The molecule has 2 N–H and O–H groups in total. The summed E-state index contributed by atoms with van der Waals surface area (Å²) in [6.45, 7) is 3.20. The molecule has 0 aliphatic rings. The van der Waals surface area contributed by atoms with Gasteiger partial charge in [-0.1, -0.05) is 42.5 Å². The minimum absolute atomic E-state index is 0.0741. The van der Waals surface area contributed by atoms with Gasteiger partial charge in [-0.15, -0.1) is 0 Å². The van der Waals surface area contributed by atoms with Crippen LogP contribution in [0.15, 0.2) is 54.6 Å². The van der Waals surface area contributed by atoms with Crippen LogP contribution in [-0.4, -0.2) is 32.4 Å². The van der Waals surface area contributed by atoms with Crippen molar-refractivity contribution in [1.82, 2.24) is 5.32 Å². The van der Waals surface area contributed by atoms with Crippen molar-refractivity contribution >= 4 is 11.7 Å². The molecule has 2 aromatic carbocycles. The SMILES string of the molecule is COCCCOc1ccccc1NC(=O)NC(C)CCc1ccccc1. The molecule has 2 rings (SSSR count). The van der Waals surface area contributed by atoms with E-state index < -0.39 is 0 Å². The second-order valence-electron chi connectivity index (χ2n) is 6.21. The van der Waals surface area contributed by atoms with E-state index in [1.54, 1.807) is 7.11 Å². The van der Waals surface area contributed by atoms with E-state index in [4.69, 9.17) is 9.47 Å². The lowest BCUT2D eigenvalue weighted by atomic mass is 10.1. The van der Waals surface area contributed by atoms with Crippen molar-refractivity contribution in [2.24, 2.45) is 0 Å². The summed E-state index contributed by atoms with van der Waals surface area (Å²) < 4.78 is 10.7. The first-order valence-corrected chi connectivity index (χ1v) is 9.01. The van der Waals surface area contributed by atoms with Crippen molar-refractivity contribution in [3.63, 3.8) is 0 Å². The van der Waals surface area contributed by atoms with Crippen molar-refractivity contribution in [3.05, 3.63) is 60.2 Å². The minimum atomic E-state index is -0.224. The van der Waals surface area contributed by atoms with Crippen LogP contribution < -0.4 is 15.4 Å². The van der Waals surface area contributed by atoms with Crippen LogP contribution in [0.5, 0.6) is 5.75 Å². The molecule has 5 heteroatoms. The van der Waals surface area contributed by atoms with E-state index in [9.17, 15) is 4.79 Å². The third kappa shape index (κ3) is 7.15. The van der Waals surface area contributed by atoms with Gasteiger partial charge in [0, 0.05) is 26.2 Å². The van der Waals surface area contributed by atoms with Crippen LogP contribution in [0.25, 0.3) is 0 Å². The fourth-order valence-electron chi connectivity index (χ4n) is 2.56. The molecule has 0 spiro atoms. The number of carbonyl (C=O) groups is 1. The molecule has 0 heterocycles. The zero-order valence-electron chi connectivity index (χ0n) is 15.5. The Morgan fingerprint density at radius 3 is 2.54 bits per heavy atom. The molecule has 0 fully saturated rings. The summed E-state index contributed by atoms with van der Waals surface area (Å²) >= 11 is 0. The number of nitrogens with one attached hydrogen (secondary N) is 2. The van der Waals surface area contributed by atoms with Crippen molar-refractivity contribution in [3.8, 4) is 5.75 Å². The molecule has 0 saturated heterocycles. The zero-order chi connectivity index (χ0) is 18.6. The Morgan fingerprint density at radius 2 is 1.77 bits per heavy atom. The third-order valence-corrected chi connectivity index (χ3v) is 3.97. The Bertz CT molecular complexity index is 661. The van der Waals surface area contributed by atoms with Crippen molar-refractivity contribution < 1.29 is 14.3 Å². The molecule has 140 valence electrons. The lowest BCUT2D eigenvalue weighted by molar-refractivity contribution is 0.172. The van der Waals surface area contributed by atoms with E-state index in [0.29, 0.717) is 24.7 Å². The number of ether oxygens (including phenoxy) is 2. The summed E-state index contributed by atoms with van der Waals surface area (Å²) in [5.74, 6) is 0.663. The second-order valence-corrected chi connectivity index (χ2v) is 6.21. The van der Waals surface area contributed by atoms with E-state index in [1.165, 1.54) is 5.56 Å². The van der Waals surface area contributed by atoms with E-state index in [1.807, 2.05) is 49.4 Å². The molecule has 1 unspecified atom stereocenters. The van der Waals surface area contributed by atoms with E-state index in [2.05, 4.69) is 22.8 Å². The molecule has 0 aliphatic carbocycles. The molecule has 0 aliphatic heterocycles. The maximum atomic E-state index is 12.3. The first-order chi connectivity index (χ1) is 12.7. The largest absolute Gasteiger partial charge is 0.491 e. The third-order valence-electron chi connectivity index (χ3n) is 3.97. The van der Waals surface area contributed by atoms with E-state index >= 15 is 0 Å². The Labute approximate surface area is 155 Å². The first-order valence-electron chi connectivity index (χ1n) is 9.01. The van der Waals surface area contributed by atoms with Crippen LogP contribution in [0.2, 0.25) is 0 Å². The molecule has 0 bridgehead atoms. The van der Waals surface area contributed by atoms with Crippen molar-refractivity contribution in [1.29, 1.82) is 0 Å². The fourth-order valence-corrected chi connectivity index (χ4v) is 2.56. The quantitative estimate of drug-likeness (QED) is 0.626. The van der Waals surface area contributed by atoms with Gasteiger partial charge in [-0.2, -0.15) is 0 Å². The Hall–Kier alpha value is -2.53. The molecule has 26 heavy (non-hydrogen) atoms. The Balaban J connectivity index is 1.79. The maximum absolute atomic E-state index is 12.3. The number of amides is 2. The van der Waals surface area contributed by atoms with Gasteiger partial charge >= 0.3 is 6.03 Å². The summed E-state index contributed by atoms with van der Waals surface area (Å²) in [6, 6.07) is 17.6. The van der Waals surface area contributed by atoms with Gasteiger partial charge in [-0.05, 0) is 37.5 Å². The number of benzene rings is 2. The highest BCUT2D eigenvalue weighted by molar-refractivity contribution is 5.91. The molecule has 2 aromatic rings. The zero-order valence-corrected chi connectivity index (χ0v) is 15.5. The Kier molecular flexibility index (Phi) is 8.49. The molecule has 0 radical (unpaired) electrons. The lowest BCUT2D eigenvalue weighted by Crippen LogP contribution is -2.36. The van der Waals surface area contributed by atoms with Crippen molar-refractivity contribution in [2.45, 2.75) is 32.2 Å². The first kappa shape index (κ1) is 19.8. The molecule has 5 nitrogen and oxygen atoms in total. The van der Waals surface area contributed by atoms with Gasteiger partial charge in [0.15, 0.2) is 0 Å². The normalized spacial score (nSPS) is 11.6. The van der Waals surface area contributed by atoms with Gasteiger partial charge in [-0.3, -0.25) is 0 Å². The lowest BCUT2D eigenvalue weighted by Gasteiger charge is -2.16. The topological polar surface area (TPSA) is 59.6 Å². The molecular formula is C21H28N2O3. The summed E-state index contributed by atoms with van der Waals surface area (Å²) in [5.41, 5.74) is 1.94. The summed E-state index contributed by atoms with van der Waals surface area (Å²) in [5, 5.41) is 5.85. The molecule has 0 aromatic heterocycles. The van der Waals surface area contributed by atoms with E-state index in [-0.39, 0.29) is 12.1 Å². The predicted molar refractivity (Wildman–Crippen MR) is 105 cm³/mol. The van der Waals surface area contributed by atoms with Gasteiger partial charge in [-0.25, -0.2) is 4.79 Å². The van der Waals surface area contributed by atoms with Gasteiger partial charge in [0.05, 0.1) is 12.3 Å². The average Bonchev–Trinajstić information content (AvgIpc) is 2.65. The van der Waals surface area contributed by atoms with Crippen LogP contribution >= 0.6 is 0 Å². The van der Waals surface area contributed by atoms with Gasteiger partial charge in [0.25, 0.3) is 0 Å². The molecule has 1 atom stereocenters. The molecule has 2 amide bonds. The van der Waals surface area contributed by atoms with Crippen LogP contribution in [0.3, 0.4) is 0 Å². The molecule has 0 saturated carbocycles. The second kappa shape index (κ2) is 11.2. The average molecular weight is 356 g/mol. The van der Waals surface area contributed by atoms with Crippen molar-refractivity contribution in [2.75, 3.05) is 25.6 Å². The monoisotopic (exact) mass is 356 g/mol. The fraction of sp³-hybridized carbons (Fsp3) is 0.381. The number of urea groups is 1.